The van der Waals surface area contributed by atoms with E-state index >= 15 is 0 Å². The lowest BCUT2D eigenvalue weighted by molar-refractivity contribution is -0.133. The summed E-state index contributed by atoms with van der Waals surface area (Å²) < 4.78 is 0. The number of carbonyl (C=O) groups excluding carboxylic acids is 3. The van der Waals surface area contributed by atoms with Gasteiger partial charge >= 0.3 is 0 Å². The van der Waals surface area contributed by atoms with Gasteiger partial charge in [-0.25, -0.2) is 4.98 Å². The number of rotatable bonds is 3. The maximum Gasteiger partial charge on any atom is 0.262 e. The fourth-order valence-electron chi connectivity index (χ4n) is 3.99. The van der Waals surface area contributed by atoms with E-state index < -0.39 is 17.9 Å². The third kappa shape index (κ3) is 2.72. The average molecular weight is 387 g/mol. The number of aromatic nitrogens is 3. The molecule has 2 aromatic heterocycles. The zero-order chi connectivity index (χ0) is 20.0. The van der Waals surface area contributed by atoms with Crippen LogP contribution in [0.5, 0.6) is 0 Å². The summed E-state index contributed by atoms with van der Waals surface area (Å²) in [7, 11) is 0. The predicted octanol–water partition coefficient (Wildman–Crippen LogP) is 1.58. The van der Waals surface area contributed by atoms with E-state index in [1.807, 2.05) is 18.2 Å². The molecule has 3 aromatic rings. The number of fused-ring (bicyclic) bond motifs is 2. The Morgan fingerprint density at radius 3 is 2.45 bits per heavy atom. The first-order chi connectivity index (χ1) is 14.1. The molecule has 5 rings (SSSR count). The van der Waals surface area contributed by atoms with Gasteiger partial charge < -0.3 is 9.88 Å². The predicted molar refractivity (Wildman–Crippen MR) is 102 cm³/mol. The molecule has 0 radical (unpaired) electrons. The molecule has 0 saturated carbocycles. The summed E-state index contributed by atoms with van der Waals surface area (Å²) in [5.41, 5.74) is 3.06. The topological polar surface area (TPSA) is 99.3 Å². The SMILES string of the molecule is O=C1c2ccccc2C(=O)N1CC(=O)N1CCc2[nH]cnc2[C@H]1c1ccccn1. The molecule has 1 aromatic carbocycles. The number of nitrogens with zero attached hydrogens (tertiary/aromatic N) is 4. The number of imide groups is 1. The molecular weight excluding hydrogens is 370 g/mol. The van der Waals surface area contributed by atoms with Crippen LogP contribution in [0.4, 0.5) is 0 Å². The van der Waals surface area contributed by atoms with E-state index in [1.165, 1.54) is 0 Å². The molecule has 2 aliphatic heterocycles. The number of nitrogens with one attached hydrogen (secondary N) is 1. The maximum atomic E-state index is 13.2. The van der Waals surface area contributed by atoms with Gasteiger partial charge in [-0.15, -0.1) is 0 Å². The molecule has 0 aliphatic carbocycles. The number of hydrogen-bond donors (Lipinski definition) is 1. The van der Waals surface area contributed by atoms with E-state index in [4.69, 9.17) is 0 Å². The number of benzene rings is 1. The van der Waals surface area contributed by atoms with Gasteiger partial charge in [0.25, 0.3) is 11.8 Å². The van der Waals surface area contributed by atoms with Gasteiger partial charge in [0.1, 0.15) is 12.6 Å². The van der Waals surface area contributed by atoms with Crippen molar-refractivity contribution in [1.29, 1.82) is 0 Å². The summed E-state index contributed by atoms with van der Waals surface area (Å²) in [5.74, 6) is -1.19. The molecule has 1 atom stereocenters. The molecule has 2 aliphatic rings. The molecule has 3 amide bonds. The highest BCUT2D eigenvalue weighted by molar-refractivity contribution is 6.22. The van der Waals surface area contributed by atoms with Crippen molar-refractivity contribution in [3.8, 4) is 0 Å². The quantitative estimate of drug-likeness (QED) is 0.688. The van der Waals surface area contributed by atoms with E-state index in [0.717, 1.165) is 16.3 Å². The first-order valence-corrected chi connectivity index (χ1v) is 9.33. The normalized spacial score (nSPS) is 18.0. The lowest BCUT2D eigenvalue weighted by atomic mass is 9.99. The third-order valence-electron chi connectivity index (χ3n) is 5.38. The van der Waals surface area contributed by atoms with E-state index in [2.05, 4.69) is 15.0 Å². The summed E-state index contributed by atoms with van der Waals surface area (Å²) in [6.07, 6.45) is 3.90. The Bertz CT molecular complexity index is 1090. The van der Waals surface area contributed by atoms with Crippen molar-refractivity contribution >= 4 is 17.7 Å². The molecule has 29 heavy (non-hydrogen) atoms. The molecular formula is C21H17N5O3. The number of imidazole rings is 1. The molecule has 144 valence electrons. The molecule has 0 bridgehead atoms. The van der Waals surface area contributed by atoms with Crippen LogP contribution in [0.1, 0.15) is 43.8 Å². The van der Waals surface area contributed by atoms with Crippen LogP contribution >= 0.6 is 0 Å². The van der Waals surface area contributed by atoms with E-state index in [0.29, 0.717) is 29.8 Å². The number of pyridine rings is 1. The standard InChI is InChI=1S/C21H17N5O3/c27-17(11-26-20(28)13-5-1-2-6-14(13)21(26)29)25-10-8-15-18(24-12-23-15)19(25)16-7-3-4-9-22-16/h1-7,9,12,19H,8,10-11H2,(H,23,24)/t19-/m1/s1. The van der Waals surface area contributed by atoms with Crippen molar-refractivity contribution in [2.75, 3.05) is 13.1 Å². The lowest BCUT2D eigenvalue weighted by Crippen LogP contribution is -2.47. The highest BCUT2D eigenvalue weighted by Gasteiger charge is 2.40. The van der Waals surface area contributed by atoms with E-state index in [-0.39, 0.29) is 12.5 Å². The number of hydrogen-bond acceptors (Lipinski definition) is 5. The first kappa shape index (κ1) is 17.3. The highest BCUT2D eigenvalue weighted by atomic mass is 16.2. The van der Waals surface area contributed by atoms with Gasteiger partial charge in [0.05, 0.1) is 28.8 Å². The Kier molecular flexibility index (Phi) is 3.97. The molecule has 0 spiro atoms. The molecule has 0 fully saturated rings. The Balaban J connectivity index is 1.45. The molecule has 4 heterocycles. The fraction of sp³-hybridized carbons (Fsp3) is 0.190. The highest BCUT2D eigenvalue weighted by Crippen LogP contribution is 2.32. The second-order valence-corrected chi connectivity index (χ2v) is 7.00. The van der Waals surface area contributed by atoms with Crippen LogP contribution < -0.4 is 0 Å². The second-order valence-electron chi connectivity index (χ2n) is 7.00. The number of amides is 3. The largest absolute Gasteiger partial charge is 0.348 e. The lowest BCUT2D eigenvalue weighted by Gasteiger charge is -2.35. The smallest absolute Gasteiger partial charge is 0.262 e. The minimum atomic E-state index is -0.464. The zero-order valence-corrected chi connectivity index (χ0v) is 15.4. The summed E-state index contributed by atoms with van der Waals surface area (Å²) in [5, 5.41) is 0. The van der Waals surface area contributed by atoms with Crippen LogP contribution in [0.15, 0.2) is 55.0 Å². The van der Waals surface area contributed by atoms with E-state index in [1.54, 1.807) is 41.7 Å². The van der Waals surface area contributed by atoms with Crippen LogP contribution in [-0.2, 0) is 11.2 Å². The third-order valence-corrected chi connectivity index (χ3v) is 5.38. The van der Waals surface area contributed by atoms with Crippen LogP contribution in [0.25, 0.3) is 0 Å². The van der Waals surface area contributed by atoms with Crippen LogP contribution in [0.2, 0.25) is 0 Å². The summed E-state index contributed by atoms with van der Waals surface area (Å²) in [6, 6.07) is 11.7. The monoisotopic (exact) mass is 387 g/mol. The minimum absolute atomic E-state index is 0.310. The first-order valence-electron chi connectivity index (χ1n) is 9.33. The van der Waals surface area contributed by atoms with E-state index in [9.17, 15) is 14.4 Å². The molecule has 0 saturated heterocycles. The molecule has 8 heteroatoms. The van der Waals surface area contributed by atoms with Gasteiger partial charge in [-0.1, -0.05) is 18.2 Å². The summed E-state index contributed by atoms with van der Waals surface area (Å²) >= 11 is 0. The summed E-state index contributed by atoms with van der Waals surface area (Å²) in [6.45, 7) is 0.133. The van der Waals surface area contributed by atoms with Gasteiger partial charge in [0.2, 0.25) is 5.91 Å². The Morgan fingerprint density at radius 1 is 1.03 bits per heavy atom. The van der Waals surface area contributed by atoms with Crippen molar-refractivity contribution in [3.63, 3.8) is 0 Å². The van der Waals surface area contributed by atoms with Gasteiger partial charge in [-0.3, -0.25) is 24.3 Å². The zero-order valence-electron chi connectivity index (χ0n) is 15.4. The molecule has 1 N–H and O–H groups in total. The Morgan fingerprint density at radius 2 is 1.76 bits per heavy atom. The minimum Gasteiger partial charge on any atom is -0.348 e. The van der Waals surface area contributed by atoms with Crippen molar-refractivity contribution in [2.45, 2.75) is 12.5 Å². The average Bonchev–Trinajstić information content (AvgIpc) is 3.33. The van der Waals surface area contributed by atoms with Crippen molar-refractivity contribution < 1.29 is 14.4 Å². The second kappa shape index (κ2) is 6.66. The van der Waals surface area contributed by atoms with Crippen LogP contribution in [0.3, 0.4) is 0 Å². The van der Waals surface area contributed by atoms with Crippen LogP contribution in [0, 0.1) is 0 Å². The maximum absolute atomic E-state index is 13.2. The van der Waals surface area contributed by atoms with Gasteiger partial charge in [0.15, 0.2) is 0 Å². The molecule has 0 unspecified atom stereocenters. The van der Waals surface area contributed by atoms with Crippen molar-refractivity contribution in [2.24, 2.45) is 0 Å². The van der Waals surface area contributed by atoms with Crippen LogP contribution in [-0.4, -0.2) is 55.6 Å². The number of carbonyl (C=O) groups is 3. The fourth-order valence-corrected chi connectivity index (χ4v) is 3.99. The van der Waals surface area contributed by atoms with Gasteiger partial charge in [0, 0.05) is 24.9 Å². The van der Waals surface area contributed by atoms with Crippen molar-refractivity contribution in [1.82, 2.24) is 24.8 Å². The Labute approximate surface area is 166 Å². The Hall–Kier alpha value is -3.81. The van der Waals surface area contributed by atoms with Crippen molar-refractivity contribution in [3.05, 3.63) is 83.2 Å². The summed E-state index contributed by atoms with van der Waals surface area (Å²) in [4.78, 5) is 53.1. The number of H-pyrrole nitrogens is 1. The van der Waals surface area contributed by atoms with Gasteiger partial charge in [-0.2, -0.15) is 0 Å². The van der Waals surface area contributed by atoms with Gasteiger partial charge in [-0.05, 0) is 24.3 Å². The molecule has 8 nitrogen and oxygen atoms in total. The number of aromatic amines is 1.